The van der Waals surface area contributed by atoms with Crippen LogP contribution in [0.4, 0.5) is 0 Å². The van der Waals surface area contributed by atoms with Gasteiger partial charge in [0.25, 0.3) is 0 Å². The van der Waals surface area contributed by atoms with Crippen LogP contribution in [0.25, 0.3) is 0 Å². The van der Waals surface area contributed by atoms with Crippen molar-refractivity contribution < 1.29 is 61.6 Å². The van der Waals surface area contributed by atoms with Crippen LogP contribution >= 0.6 is 0 Å². The van der Waals surface area contributed by atoms with Gasteiger partial charge in [-0.1, -0.05) is 72.8 Å². The molecule has 13 heteroatoms. The maximum atomic E-state index is 6.73. The van der Waals surface area contributed by atoms with Crippen LogP contribution in [0.3, 0.4) is 0 Å². The van der Waals surface area contributed by atoms with Gasteiger partial charge in [0, 0.05) is 25.7 Å². The van der Waals surface area contributed by atoms with E-state index < -0.39 is 0 Å². The molecule has 3 aliphatic rings. The van der Waals surface area contributed by atoms with Gasteiger partial charge >= 0.3 is 0 Å². The fourth-order valence-corrected chi connectivity index (χ4v) is 7.78. The normalized spacial score (nSPS) is 19.3. The number of para-hydroxylation sites is 4. The zero-order valence-electron chi connectivity index (χ0n) is 36.6. The Morgan fingerprint density at radius 1 is 0.190 bits per heavy atom. The van der Waals surface area contributed by atoms with Gasteiger partial charge in [-0.05, 0) is 44.5 Å². The second kappa shape index (κ2) is 27.1. The topological polar surface area (TPSA) is 120 Å². The van der Waals surface area contributed by atoms with Gasteiger partial charge in [-0.25, -0.2) is 0 Å². The molecule has 0 unspecified atom stereocenters. The lowest BCUT2D eigenvalue weighted by molar-refractivity contribution is -0.0142. The van der Waals surface area contributed by atoms with Crippen LogP contribution in [-0.2, 0) is 68.3 Å². The average molecular weight is 873 g/mol. The molecule has 0 fully saturated rings. The Bertz CT molecular complexity index is 1700. The van der Waals surface area contributed by atoms with Crippen molar-refractivity contribution in [3.8, 4) is 23.0 Å². The summed E-state index contributed by atoms with van der Waals surface area (Å²) in [6, 6.07) is 25.6. The van der Waals surface area contributed by atoms with E-state index in [0.717, 1.165) is 67.5 Å². The lowest BCUT2D eigenvalue weighted by atomic mass is 9.91. The predicted octanol–water partition coefficient (Wildman–Crippen LogP) is 6.06. The highest BCUT2D eigenvalue weighted by Gasteiger charge is 2.22. The van der Waals surface area contributed by atoms with Crippen LogP contribution in [0.5, 0.6) is 23.0 Å². The minimum absolute atomic E-state index is 0.366. The van der Waals surface area contributed by atoms with E-state index >= 15 is 0 Å². The van der Waals surface area contributed by atoms with E-state index in [1.807, 2.05) is 0 Å². The molecule has 0 amide bonds. The molecule has 4 aromatic rings. The van der Waals surface area contributed by atoms with E-state index in [4.69, 9.17) is 61.6 Å². The first-order valence-corrected chi connectivity index (χ1v) is 22.5. The van der Waals surface area contributed by atoms with Crippen molar-refractivity contribution in [3.05, 3.63) is 117 Å². The van der Waals surface area contributed by atoms with E-state index in [9.17, 15) is 0 Å². The first-order valence-electron chi connectivity index (χ1n) is 22.5. The van der Waals surface area contributed by atoms with Crippen LogP contribution in [0.15, 0.2) is 72.8 Å². The number of benzene rings is 4. The second-order valence-electron chi connectivity index (χ2n) is 15.2. The predicted molar refractivity (Wildman–Crippen MR) is 236 cm³/mol. The Hall–Kier alpha value is -4.28. The standard InChI is InChI=1S/C50H64O13/c1-5-39-35-43-9-3-11-45-37-41-7-2-8-42-38-46-12-4-10-44(50(46)63-34-30-59-26-22-55-18-17-54-21-25-58-29-33-62-49(43)45)36-40(6-1)47(39)60-31-27-56-23-19-52-15-13-51-14-16-53-20-24-57-28-32-61-48(41)42/h1-12H,13-38H2. The molecule has 0 aromatic heterocycles. The third-order valence-corrected chi connectivity index (χ3v) is 10.7. The van der Waals surface area contributed by atoms with E-state index in [-0.39, 0.29) is 0 Å². The van der Waals surface area contributed by atoms with Gasteiger partial charge in [-0.2, -0.15) is 0 Å². The van der Waals surface area contributed by atoms with E-state index in [0.29, 0.717) is 171 Å². The lowest BCUT2D eigenvalue weighted by Gasteiger charge is -2.23. The molecule has 0 N–H and O–H groups in total. The molecule has 12 bridgehead atoms. The highest BCUT2D eigenvalue weighted by atomic mass is 16.6. The van der Waals surface area contributed by atoms with Gasteiger partial charge in [0.1, 0.15) is 49.4 Å². The molecule has 0 spiro atoms. The molecule has 0 atom stereocenters. The third-order valence-electron chi connectivity index (χ3n) is 10.7. The monoisotopic (exact) mass is 872 g/mol. The average Bonchev–Trinajstić information content (AvgIpc) is 3.29. The maximum Gasteiger partial charge on any atom is 0.126 e. The summed E-state index contributed by atoms with van der Waals surface area (Å²) in [6.07, 6.45) is 2.30. The van der Waals surface area contributed by atoms with Crippen molar-refractivity contribution in [1.29, 1.82) is 0 Å². The van der Waals surface area contributed by atoms with Gasteiger partial charge in [0.05, 0.1) is 119 Å². The van der Waals surface area contributed by atoms with Gasteiger partial charge in [0.15, 0.2) is 0 Å². The van der Waals surface area contributed by atoms with Gasteiger partial charge in [-0.15, -0.1) is 0 Å². The number of hydrogen-bond donors (Lipinski definition) is 0. The third kappa shape index (κ3) is 15.2. The first-order chi connectivity index (χ1) is 31.3. The SMILES string of the molecule is c1cc2c3c(c1)Cc1cccc4c1OCCOCCOCCOCCOCCOc1c(cccc1Cc1cccc(c1OCCOCCOCCOCCOCCOCCO3)C4)C2. The summed E-state index contributed by atoms with van der Waals surface area (Å²) in [5, 5.41) is 0. The van der Waals surface area contributed by atoms with Gasteiger partial charge in [-0.3, -0.25) is 0 Å². The number of hydrogen-bond acceptors (Lipinski definition) is 13. The number of ether oxygens (including phenoxy) is 13. The largest absolute Gasteiger partial charge is 0.491 e. The Morgan fingerprint density at radius 3 is 0.492 bits per heavy atom. The van der Waals surface area contributed by atoms with E-state index in [1.54, 1.807) is 0 Å². The van der Waals surface area contributed by atoms with Gasteiger partial charge < -0.3 is 61.6 Å². The first kappa shape index (κ1) is 46.7. The second-order valence-corrected chi connectivity index (χ2v) is 15.2. The molecule has 0 saturated heterocycles. The Morgan fingerprint density at radius 2 is 0.333 bits per heavy atom. The fraction of sp³-hybridized carbons (Fsp3) is 0.520. The van der Waals surface area contributed by atoms with Crippen LogP contribution in [-0.4, -0.2) is 145 Å². The number of rotatable bonds is 0. The Labute approximate surface area is 372 Å². The Balaban J connectivity index is 1.29. The lowest BCUT2D eigenvalue weighted by Crippen LogP contribution is -2.16. The highest BCUT2D eigenvalue weighted by Crippen LogP contribution is 2.39. The minimum atomic E-state index is 0.366. The summed E-state index contributed by atoms with van der Waals surface area (Å²) in [4.78, 5) is 0. The maximum absolute atomic E-state index is 6.73. The molecule has 342 valence electrons. The summed E-state index contributed by atoms with van der Waals surface area (Å²) in [5.41, 5.74) is 8.35. The molecule has 1 aliphatic carbocycles. The van der Waals surface area contributed by atoms with Crippen LogP contribution in [0.2, 0.25) is 0 Å². The molecule has 7 rings (SSSR count). The summed E-state index contributed by atoms with van der Waals surface area (Å²) in [6.45, 7) is 9.65. The van der Waals surface area contributed by atoms with Gasteiger partial charge in [0.2, 0.25) is 0 Å². The fourth-order valence-electron chi connectivity index (χ4n) is 7.78. The minimum Gasteiger partial charge on any atom is -0.491 e. The van der Waals surface area contributed by atoms with Crippen molar-refractivity contribution >= 4 is 0 Å². The molecule has 2 heterocycles. The molecule has 4 aromatic carbocycles. The van der Waals surface area contributed by atoms with E-state index in [2.05, 4.69) is 72.8 Å². The molecule has 2 aliphatic heterocycles. The van der Waals surface area contributed by atoms with Crippen LogP contribution in [0.1, 0.15) is 44.5 Å². The summed E-state index contributed by atoms with van der Waals surface area (Å²) in [7, 11) is 0. The molecule has 13 nitrogen and oxygen atoms in total. The van der Waals surface area contributed by atoms with Crippen molar-refractivity contribution in [2.75, 3.05) is 145 Å². The zero-order chi connectivity index (χ0) is 43.0. The molecule has 63 heavy (non-hydrogen) atoms. The quantitative estimate of drug-likeness (QED) is 0.180. The summed E-state index contributed by atoms with van der Waals surface area (Å²) < 4.78 is 79.3. The van der Waals surface area contributed by atoms with Crippen molar-refractivity contribution in [2.24, 2.45) is 0 Å². The highest BCUT2D eigenvalue weighted by molar-refractivity contribution is 5.56. The molecule has 0 radical (unpaired) electrons. The van der Waals surface area contributed by atoms with E-state index in [1.165, 1.54) is 0 Å². The molecular formula is C50H64O13. The molecular weight excluding hydrogens is 809 g/mol. The van der Waals surface area contributed by atoms with Crippen LogP contribution in [0, 0.1) is 0 Å². The van der Waals surface area contributed by atoms with Crippen molar-refractivity contribution in [3.63, 3.8) is 0 Å². The van der Waals surface area contributed by atoms with Crippen molar-refractivity contribution in [1.82, 2.24) is 0 Å². The zero-order valence-corrected chi connectivity index (χ0v) is 36.6. The van der Waals surface area contributed by atoms with Crippen LogP contribution < -0.4 is 18.9 Å². The molecule has 0 saturated carbocycles. The Kier molecular flexibility index (Phi) is 20.1. The van der Waals surface area contributed by atoms with Crippen molar-refractivity contribution in [2.45, 2.75) is 25.7 Å². The summed E-state index contributed by atoms with van der Waals surface area (Å²) in [5.74, 6) is 3.31. The smallest absolute Gasteiger partial charge is 0.126 e. The summed E-state index contributed by atoms with van der Waals surface area (Å²) >= 11 is 0.